The number of oxime groups is 1. The van der Waals surface area contributed by atoms with Crippen LogP contribution in [0.25, 0.3) is 0 Å². The molecule has 1 unspecified atom stereocenters. The average molecular weight is 624 g/mol. The predicted molar refractivity (Wildman–Crippen MR) is 135 cm³/mol. The molecule has 1 aliphatic carbocycles. The van der Waals surface area contributed by atoms with Gasteiger partial charge in [0.25, 0.3) is 11.5 Å². The van der Waals surface area contributed by atoms with Crippen LogP contribution in [-0.2, 0) is 20.0 Å². The third-order valence-electron chi connectivity index (χ3n) is 6.53. The van der Waals surface area contributed by atoms with Gasteiger partial charge in [-0.15, -0.1) is 0 Å². The number of hydrogen-bond donors (Lipinski definition) is 1. The molecule has 1 atom stereocenters. The number of rotatable bonds is 7. The van der Waals surface area contributed by atoms with Gasteiger partial charge in [0, 0.05) is 33.5 Å². The number of carbonyl (C=O) groups excluding carboxylic acids is 3. The van der Waals surface area contributed by atoms with Crippen LogP contribution in [0.4, 0.5) is 26.3 Å². The molecule has 41 heavy (non-hydrogen) atoms. The van der Waals surface area contributed by atoms with Crippen LogP contribution in [-0.4, -0.2) is 53.8 Å². The molecule has 0 saturated heterocycles. The van der Waals surface area contributed by atoms with Gasteiger partial charge in [0.15, 0.2) is 0 Å². The van der Waals surface area contributed by atoms with Crippen molar-refractivity contribution in [3.63, 3.8) is 0 Å². The van der Waals surface area contributed by atoms with E-state index >= 15 is 0 Å². The molecule has 1 N–H and O–H groups in total. The molecule has 3 amide bonds. The summed E-state index contributed by atoms with van der Waals surface area (Å²) in [5.41, 5.74) is -3.01. The lowest BCUT2D eigenvalue weighted by molar-refractivity contribution is -0.275. The number of nitrogens with one attached hydrogen (secondary N) is 1. The average Bonchev–Trinajstić information content (AvgIpc) is 3.60. The van der Waals surface area contributed by atoms with Crippen LogP contribution in [0.3, 0.4) is 0 Å². The maximum absolute atomic E-state index is 14.3. The fourth-order valence-electron chi connectivity index (χ4n) is 4.27. The van der Waals surface area contributed by atoms with E-state index < -0.39 is 61.1 Å². The molecule has 1 saturated carbocycles. The van der Waals surface area contributed by atoms with Crippen molar-refractivity contribution >= 4 is 46.6 Å². The molecule has 2 aliphatic rings. The summed E-state index contributed by atoms with van der Waals surface area (Å²) in [7, 11) is 0. The van der Waals surface area contributed by atoms with Crippen LogP contribution in [0.15, 0.2) is 41.6 Å². The smallest absolute Gasteiger partial charge is 0.374 e. The van der Waals surface area contributed by atoms with Crippen molar-refractivity contribution in [3.05, 3.63) is 68.7 Å². The lowest BCUT2D eigenvalue weighted by Crippen LogP contribution is -2.46. The summed E-state index contributed by atoms with van der Waals surface area (Å²) in [6.07, 6.45) is -9.43. The molecule has 7 nitrogen and oxygen atoms in total. The lowest BCUT2D eigenvalue weighted by Gasteiger charge is -2.29. The number of alkyl halides is 6. The van der Waals surface area contributed by atoms with E-state index in [0.29, 0.717) is 17.7 Å². The summed E-state index contributed by atoms with van der Waals surface area (Å²) < 4.78 is 80.4. The van der Waals surface area contributed by atoms with Gasteiger partial charge in [-0.2, -0.15) is 26.3 Å². The molecule has 1 aliphatic heterocycles. The summed E-state index contributed by atoms with van der Waals surface area (Å²) in [4.78, 5) is 43.7. The van der Waals surface area contributed by atoms with Gasteiger partial charge in [0.2, 0.25) is 11.8 Å². The molecule has 0 bridgehead atoms. The summed E-state index contributed by atoms with van der Waals surface area (Å²) in [6, 6.07) is 7.30. The van der Waals surface area contributed by atoms with Crippen LogP contribution in [0.1, 0.15) is 46.3 Å². The quantitative estimate of drug-likeness (QED) is 0.305. The first-order valence-corrected chi connectivity index (χ1v) is 12.8. The van der Waals surface area contributed by atoms with Crippen molar-refractivity contribution in [2.75, 3.05) is 13.1 Å². The second-order valence-corrected chi connectivity index (χ2v) is 10.6. The number of halogens is 8. The highest BCUT2D eigenvalue weighted by atomic mass is 35.5. The van der Waals surface area contributed by atoms with E-state index in [9.17, 15) is 40.7 Å². The normalized spacial score (nSPS) is 18.9. The van der Waals surface area contributed by atoms with E-state index in [0.717, 1.165) is 12.1 Å². The monoisotopic (exact) mass is 623 g/mol. The zero-order chi connectivity index (χ0) is 30.3. The Morgan fingerprint density at radius 2 is 1.68 bits per heavy atom. The van der Waals surface area contributed by atoms with Crippen LogP contribution < -0.4 is 5.32 Å². The van der Waals surface area contributed by atoms with Crippen molar-refractivity contribution in [2.45, 2.75) is 44.1 Å². The minimum absolute atomic E-state index is 0.0377. The van der Waals surface area contributed by atoms with E-state index in [4.69, 9.17) is 28.0 Å². The first kappa shape index (κ1) is 30.6. The number of carbonyl (C=O) groups is 3. The second-order valence-electron chi connectivity index (χ2n) is 9.71. The minimum atomic E-state index is -4.92. The highest BCUT2D eigenvalue weighted by molar-refractivity contribution is 6.34. The summed E-state index contributed by atoms with van der Waals surface area (Å²) in [5, 5.41) is 5.22. The summed E-state index contributed by atoms with van der Waals surface area (Å²) >= 11 is 11.8. The number of nitrogens with zero attached hydrogens (tertiary/aromatic N) is 2. The van der Waals surface area contributed by atoms with Crippen LogP contribution in [0.5, 0.6) is 0 Å². The van der Waals surface area contributed by atoms with Crippen molar-refractivity contribution in [3.8, 4) is 0 Å². The van der Waals surface area contributed by atoms with Crippen molar-refractivity contribution in [1.82, 2.24) is 10.2 Å². The van der Waals surface area contributed by atoms with E-state index in [1.807, 2.05) is 0 Å². The molecule has 1 heterocycles. The van der Waals surface area contributed by atoms with Crippen LogP contribution in [0.2, 0.25) is 10.0 Å². The van der Waals surface area contributed by atoms with Gasteiger partial charge in [-0.1, -0.05) is 34.4 Å². The topological polar surface area (TPSA) is 88.1 Å². The molecule has 0 spiro atoms. The zero-order valence-electron chi connectivity index (χ0n) is 21.1. The number of benzene rings is 2. The molecule has 0 radical (unpaired) electrons. The Hall–Kier alpha value is -3.32. The predicted octanol–water partition coefficient (Wildman–Crippen LogP) is 5.94. The molecule has 2 aromatic carbocycles. The van der Waals surface area contributed by atoms with Gasteiger partial charge in [-0.05, 0) is 61.2 Å². The van der Waals surface area contributed by atoms with Crippen LogP contribution >= 0.6 is 23.2 Å². The van der Waals surface area contributed by atoms with Crippen LogP contribution in [0, 0.1) is 12.8 Å². The Bertz CT molecular complexity index is 1400. The van der Waals surface area contributed by atoms with Crippen molar-refractivity contribution in [2.24, 2.45) is 11.1 Å². The number of aryl methyl sites for hydroxylation is 1. The summed E-state index contributed by atoms with van der Waals surface area (Å²) in [6.45, 7) is -1.11. The first-order chi connectivity index (χ1) is 19.0. The fourth-order valence-corrected chi connectivity index (χ4v) is 4.80. The van der Waals surface area contributed by atoms with E-state index in [1.54, 1.807) is 5.32 Å². The third-order valence-corrected chi connectivity index (χ3v) is 6.97. The minimum Gasteiger partial charge on any atom is -0.374 e. The third kappa shape index (κ3) is 6.78. The fraction of sp³-hybridized carbons (Fsp3) is 0.385. The van der Waals surface area contributed by atoms with Gasteiger partial charge in [0.05, 0.1) is 5.71 Å². The zero-order valence-corrected chi connectivity index (χ0v) is 22.6. The highest BCUT2D eigenvalue weighted by Gasteiger charge is 2.62. The van der Waals surface area contributed by atoms with E-state index in [2.05, 4.69) is 5.16 Å². The SMILES string of the molecule is Cc1cc(C2=NOC(c3cc(Cl)cc(Cl)c3)(C(F)(F)F)C2)ccc1C(=O)N(CC(=O)NCC(F)(F)F)C(=O)C1CC1. The Labute approximate surface area is 239 Å². The molecule has 4 rings (SSSR count). The molecule has 15 heteroatoms. The van der Waals surface area contributed by atoms with E-state index in [-0.39, 0.29) is 38.0 Å². The largest absolute Gasteiger partial charge is 0.435 e. The van der Waals surface area contributed by atoms with Gasteiger partial charge in [-0.3, -0.25) is 19.3 Å². The number of amides is 3. The first-order valence-electron chi connectivity index (χ1n) is 12.1. The number of imide groups is 1. The Morgan fingerprint density at radius 3 is 2.22 bits per heavy atom. The maximum Gasteiger partial charge on any atom is 0.435 e. The number of hydrogen-bond acceptors (Lipinski definition) is 5. The maximum atomic E-state index is 14.3. The Balaban J connectivity index is 1.58. The molecule has 2 aromatic rings. The standard InChI is InChI=1S/C26H21Cl2F6N3O4/c1-13-6-15(20-10-24(41-36-20,26(32,33)34)16-7-17(27)9-18(28)8-16)4-5-19(13)23(40)37(22(39)14-2-3-14)11-21(38)35-12-25(29,30)31/h4-9,14H,2-3,10-12H2,1H3,(H,35,38). The Morgan fingerprint density at radius 1 is 1.05 bits per heavy atom. The molecular weight excluding hydrogens is 603 g/mol. The Kier molecular flexibility index (Phi) is 8.34. The van der Waals surface area contributed by atoms with Crippen molar-refractivity contribution < 1.29 is 45.6 Å². The van der Waals surface area contributed by atoms with Gasteiger partial charge >= 0.3 is 12.4 Å². The molecule has 0 aromatic heterocycles. The second kappa shape index (κ2) is 11.2. The molecular formula is C26H21Cl2F6N3O4. The lowest BCUT2D eigenvalue weighted by atomic mass is 9.86. The highest BCUT2D eigenvalue weighted by Crippen LogP contribution is 2.49. The molecule has 1 fully saturated rings. The van der Waals surface area contributed by atoms with Gasteiger partial charge < -0.3 is 10.2 Å². The molecule has 220 valence electrons. The van der Waals surface area contributed by atoms with E-state index in [1.165, 1.54) is 31.2 Å². The van der Waals surface area contributed by atoms with Crippen molar-refractivity contribution in [1.29, 1.82) is 0 Å². The van der Waals surface area contributed by atoms with Gasteiger partial charge in [-0.25, -0.2) is 0 Å². The summed E-state index contributed by atoms with van der Waals surface area (Å²) in [5.74, 6) is -3.35. The van der Waals surface area contributed by atoms with Gasteiger partial charge in [0.1, 0.15) is 13.1 Å².